The first-order chi connectivity index (χ1) is 17.9. The summed E-state index contributed by atoms with van der Waals surface area (Å²) in [6.07, 6.45) is 3.07. The fourth-order valence-electron chi connectivity index (χ4n) is 5.74. The van der Waals surface area contributed by atoms with Gasteiger partial charge in [0.15, 0.2) is 0 Å². The summed E-state index contributed by atoms with van der Waals surface area (Å²) in [6.45, 7) is 6.20. The van der Waals surface area contributed by atoms with Crippen LogP contribution in [0.2, 0.25) is 10.0 Å². The summed E-state index contributed by atoms with van der Waals surface area (Å²) in [5, 5.41) is 19.6. The molecule has 0 aromatic heterocycles. The van der Waals surface area contributed by atoms with E-state index in [0.29, 0.717) is 41.1 Å². The van der Waals surface area contributed by atoms with Crippen molar-refractivity contribution in [1.29, 1.82) is 0 Å². The first-order valence-corrected chi connectivity index (χ1v) is 13.9. The number of benzene rings is 2. The van der Waals surface area contributed by atoms with Crippen LogP contribution in [0.3, 0.4) is 0 Å². The van der Waals surface area contributed by atoms with Gasteiger partial charge < -0.3 is 21.1 Å². The smallest absolute Gasteiger partial charge is 0.237 e. The zero-order valence-corrected chi connectivity index (χ0v) is 23.6. The summed E-state index contributed by atoms with van der Waals surface area (Å²) < 4.78 is 15.2. The van der Waals surface area contributed by atoms with Crippen LogP contribution in [0.4, 0.5) is 10.1 Å². The number of carbonyl (C=O) groups excluding carboxylic acids is 2. The molecule has 0 spiro atoms. The van der Waals surface area contributed by atoms with E-state index in [1.165, 1.54) is 6.07 Å². The molecule has 0 bridgehead atoms. The molecule has 4 rings (SSSR count). The van der Waals surface area contributed by atoms with Gasteiger partial charge in [0, 0.05) is 22.8 Å². The van der Waals surface area contributed by atoms with Crippen LogP contribution >= 0.6 is 23.2 Å². The number of fused-ring (bicyclic) bond motifs is 1. The number of halogens is 3. The maximum absolute atomic E-state index is 15.2. The minimum absolute atomic E-state index is 0.00419. The summed E-state index contributed by atoms with van der Waals surface area (Å²) >= 11 is 12.4. The number of carbonyl (C=O) groups is 2. The quantitative estimate of drug-likeness (QED) is 0.347. The van der Waals surface area contributed by atoms with Crippen molar-refractivity contribution in [3.63, 3.8) is 0 Å². The highest BCUT2D eigenvalue weighted by Crippen LogP contribution is 2.47. The molecule has 1 fully saturated rings. The molecule has 2 aliphatic rings. The van der Waals surface area contributed by atoms with Crippen LogP contribution < -0.4 is 16.0 Å². The molecule has 2 atom stereocenters. The number of aliphatic hydroxyl groups excluding tert-OH is 1. The summed E-state index contributed by atoms with van der Waals surface area (Å²) in [6, 6.07) is 9.53. The predicted molar refractivity (Wildman–Crippen MR) is 149 cm³/mol. The fourth-order valence-corrected chi connectivity index (χ4v) is 6.11. The lowest BCUT2D eigenvalue weighted by Crippen LogP contribution is -2.57. The van der Waals surface area contributed by atoms with Crippen molar-refractivity contribution >= 4 is 40.7 Å². The molecule has 1 saturated carbocycles. The van der Waals surface area contributed by atoms with Crippen molar-refractivity contribution in [1.82, 2.24) is 10.6 Å². The van der Waals surface area contributed by atoms with Crippen LogP contribution in [0.5, 0.6) is 0 Å². The van der Waals surface area contributed by atoms with Crippen molar-refractivity contribution in [2.24, 2.45) is 5.41 Å². The van der Waals surface area contributed by atoms with Gasteiger partial charge in [-0.1, -0.05) is 62.2 Å². The van der Waals surface area contributed by atoms with Gasteiger partial charge in [-0.3, -0.25) is 9.59 Å². The van der Waals surface area contributed by atoms with Crippen LogP contribution in [-0.4, -0.2) is 41.7 Å². The Hall–Kier alpha value is -2.19. The largest absolute Gasteiger partial charge is 0.393 e. The third-order valence-electron chi connectivity index (χ3n) is 7.60. The Morgan fingerprint density at radius 3 is 2.58 bits per heavy atom. The number of nitrogens with one attached hydrogen (secondary N) is 3. The monoisotopic (exact) mass is 563 g/mol. The third kappa shape index (κ3) is 6.33. The van der Waals surface area contributed by atoms with E-state index >= 15 is 4.39 Å². The molecular formula is C29H36Cl2FN3O3. The second kappa shape index (κ2) is 11.5. The SMILES string of the molecule is CC(C)(C)CC(NCC(=O)NC1CCC(O)CC1)C1(Cc2cccc(Cl)c2F)C(=O)Nc2cc(Cl)ccc21. The van der Waals surface area contributed by atoms with Gasteiger partial charge in [-0.25, -0.2) is 4.39 Å². The Bertz CT molecular complexity index is 1190. The predicted octanol–water partition coefficient (Wildman–Crippen LogP) is 5.38. The van der Waals surface area contributed by atoms with Gasteiger partial charge in [0.1, 0.15) is 5.82 Å². The summed E-state index contributed by atoms with van der Waals surface area (Å²) in [5.41, 5.74) is 0.170. The van der Waals surface area contributed by atoms with Gasteiger partial charge in [-0.15, -0.1) is 0 Å². The van der Waals surface area contributed by atoms with E-state index in [1.807, 2.05) is 6.07 Å². The number of hydrogen-bond acceptors (Lipinski definition) is 4. The Morgan fingerprint density at radius 1 is 1.18 bits per heavy atom. The van der Waals surface area contributed by atoms with Gasteiger partial charge in [-0.05, 0) is 73.3 Å². The number of hydrogen-bond donors (Lipinski definition) is 4. The molecule has 2 amide bonds. The maximum Gasteiger partial charge on any atom is 0.237 e. The van der Waals surface area contributed by atoms with Crippen molar-refractivity contribution in [3.05, 3.63) is 63.4 Å². The highest BCUT2D eigenvalue weighted by atomic mass is 35.5. The maximum atomic E-state index is 15.2. The van der Waals surface area contributed by atoms with Gasteiger partial charge in [0.2, 0.25) is 11.8 Å². The van der Waals surface area contributed by atoms with Gasteiger partial charge in [-0.2, -0.15) is 0 Å². The number of aliphatic hydroxyl groups is 1. The molecule has 2 unspecified atom stereocenters. The molecule has 6 nitrogen and oxygen atoms in total. The lowest BCUT2D eigenvalue weighted by Gasteiger charge is -2.40. The van der Waals surface area contributed by atoms with E-state index in [1.54, 1.807) is 24.3 Å². The second-order valence-corrected chi connectivity index (χ2v) is 12.6. The van der Waals surface area contributed by atoms with E-state index < -0.39 is 17.3 Å². The average Bonchev–Trinajstić information content (AvgIpc) is 3.11. The zero-order valence-electron chi connectivity index (χ0n) is 22.0. The van der Waals surface area contributed by atoms with Crippen LogP contribution in [0.15, 0.2) is 36.4 Å². The molecule has 0 radical (unpaired) electrons. The van der Waals surface area contributed by atoms with Crippen molar-refractivity contribution < 1.29 is 19.1 Å². The highest BCUT2D eigenvalue weighted by molar-refractivity contribution is 6.31. The second-order valence-electron chi connectivity index (χ2n) is 11.8. The average molecular weight is 565 g/mol. The van der Waals surface area contributed by atoms with E-state index in [9.17, 15) is 14.7 Å². The first kappa shape index (κ1) is 28.8. The highest BCUT2D eigenvalue weighted by Gasteiger charge is 2.53. The normalized spacial score (nSPS) is 24.0. The van der Waals surface area contributed by atoms with Crippen molar-refractivity contribution in [2.45, 2.75) is 82.9 Å². The van der Waals surface area contributed by atoms with E-state index in [4.69, 9.17) is 23.2 Å². The summed E-state index contributed by atoms with van der Waals surface area (Å²) in [7, 11) is 0. The lowest BCUT2D eigenvalue weighted by atomic mass is 9.66. The Morgan fingerprint density at radius 2 is 1.89 bits per heavy atom. The zero-order chi connectivity index (χ0) is 27.7. The fraction of sp³-hybridized carbons (Fsp3) is 0.517. The molecule has 1 heterocycles. The molecule has 9 heteroatoms. The molecule has 1 aliphatic carbocycles. The number of anilines is 1. The van der Waals surface area contributed by atoms with Gasteiger partial charge >= 0.3 is 0 Å². The Kier molecular flexibility index (Phi) is 8.72. The third-order valence-corrected chi connectivity index (χ3v) is 8.13. The summed E-state index contributed by atoms with van der Waals surface area (Å²) in [5.74, 6) is -1.02. The van der Waals surface area contributed by atoms with Crippen molar-refractivity contribution in [2.75, 3.05) is 11.9 Å². The molecule has 206 valence electrons. The van der Waals surface area contributed by atoms with Crippen LogP contribution in [0.1, 0.15) is 64.0 Å². The topological polar surface area (TPSA) is 90.5 Å². The number of amides is 2. The van der Waals surface area contributed by atoms with E-state index in [2.05, 4.69) is 36.7 Å². The lowest BCUT2D eigenvalue weighted by molar-refractivity contribution is -0.124. The van der Waals surface area contributed by atoms with Gasteiger partial charge in [0.05, 0.1) is 23.1 Å². The minimum Gasteiger partial charge on any atom is -0.393 e. The molecular weight excluding hydrogens is 528 g/mol. The Labute approximate surface area is 233 Å². The molecule has 1 aliphatic heterocycles. The first-order valence-electron chi connectivity index (χ1n) is 13.1. The molecule has 38 heavy (non-hydrogen) atoms. The number of rotatable bonds is 8. The van der Waals surface area contributed by atoms with Crippen LogP contribution in [0.25, 0.3) is 0 Å². The van der Waals surface area contributed by atoms with Crippen LogP contribution in [-0.2, 0) is 21.4 Å². The molecule has 4 N–H and O–H groups in total. The Balaban J connectivity index is 1.69. The summed E-state index contributed by atoms with van der Waals surface area (Å²) in [4.78, 5) is 26.9. The molecule has 2 aromatic rings. The minimum atomic E-state index is -1.21. The molecule has 0 saturated heterocycles. The van der Waals surface area contributed by atoms with Crippen LogP contribution in [0, 0.1) is 11.2 Å². The van der Waals surface area contributed by atoms with Gasteiger partial charge in [0.25, 0.3) is 0 Å². The standard InChI is InChI=1S/C29H36Cl2FN3O3/c1-28(2,3)15-24(33-16-25(37)34-19-8-10-20(36)11-9-19)29(14-17-5-4-6-22(31)26(17)32)21-12-7-18(30)13-23(21)35-27(29)38/h4-7,12-13,19-20,24,33,36H,8-11,14-16H2,1-3H3,(H,34,37)(H,35,38). The molecule has 2 aromatic carbocycles. The van der Waals surface area contributed by atoms with E-state index in [0.717, 1.165) is 12.8 Å². The van der Waals surface area contributed by atoms with Crippen molar-refractivity contribution in [3.8, 4) is 0 Å². The van der Waals surface area contributed by atoms with E-state index in [-0.39, 0.29) is 47.4 Å².